The van der Waals surface area contributed by atoms with E-state index >= 15 is 0 Å². The fraction of sp³-hybridized carbons (Fsp3) is 0.111. The largest absolute Gasteiger partial charge is 0.497 e. The standard InChI is InChI=1S/C18H17N3O2/c1-23-15-6-2-4-13(10-15)11-20-18(22)21-17-7-3-5-14-12-19-9-8-16(14)17/h2-10,12H,11H2,1H3,(H2,20,21,22). The van der Waals surface area contributed by atoms with Crippen LogP contribution in [-0.2, 0) is 6.54 Å². The van der Waals surface area contributed by atoms with Gasteiger partial charge in [0.05, 0.1) is 12.8 Å². The Morgan fingerprint density at radius 1 is 1.17 bits per heavy atom. The van der Waals surface area contributed by atoms with Gasteiger partial charge in [0.1, 0.15) is 5.75 Å². The summed E-state index contributed by atoms with van der Waals surface area (Å²) in [6, 6.07) is 14.9. The quantitative estimate of drug-likeness (QED) is 0.774. The highest BCUT2D eigenvalue weighted by atomic mass is 16.5. The van der Waals surface area contributed by atoms with Crippen LogP contribution in [0.2, 0.25) is 0 Å². The molecule has 23 heavy (non-hydrogen) atoms. The predicted molar refractivity (Wildman–Crippen MR) is 90.6 cm³/mol. The van der Waals surface area contributed by atoms with Crippen LogP contribution >= 0.6 is 0 Å². The Balaban J connectivity index is 1.67. The van der Waals surface area contributed by atoms with E-state index in [4.69, 9.17) is 4.74 Å². The van der Waals surface area contributed by atoms with Crippen LogP contribution in [0.25, 0.3) is 10.8 Å². The molecule has 0 bridgehead atoms. The Morgan fingerprint density at radius 3 is 2.91 bits per heavy atom. The van der Waals surface area contributed by atoms with E-state index in [1.165, 1.54) is 0 Å². The normalized spacial score (nSPS) is 10.3. The van der Waals surface area contributed by atoms with Gasteiger partial charge in [-0.15, -0.1) is 0 Å². The molecular formula is C18H17N3O2. The van der Waals surface area contributed by atoms with E-state index in [1.807, 2.05) is 48.5 Å². The molecule has 116 valence electrons. The topological polar surface area (TPSA) is 63.2 Å². The lowest BCUT2D eigenvalue weighted by Gasteiger charge is -2.10. The van der Waals surface area contributed by atoms with E-state index in [1.54, 1.807) is 19.5 Å². The van der Waals surface area contributed by atoms with Gasteiger partial charge in [0.2, 0.25) is 0 Å². The number of nitrogens with one attached hydrogen (secondary N) is 2. The lowest BCUT2D eigenvalue weighted by Crippen LogP contribution is -2.28. The number of pyridine rings is 1. The van der Waals surface area contributed by atoms with Crippen LogP contribution in [0.1, 0.15) is 5.56 Å². The molecule has 2 N–H and O–H groups in total. The molecular weight excluding hydrogens is 290 g/mol. The van der Waals surface area contributed by atoms with Crippen molar-refractivity contribution in [2.75, 3.05) is 12.4 Å². The highest BCUT2D eigenvalue weighted by Crippen LogP contribution is 2.22. The third kappa shape index (κ3) is 3.58. The van der Waals surface area contributed by atoms with Crippen LogP contribution in [0.5, 0.6) is 5.75 Å². The minimum absolute atomic E-state index is 0.253. The molecule has 0 saturated carbocycles. The molecule has 0 unspecified atom stereocenters. The Kier molecular flexibility index (Phi) is 4.38. The molecule has 5 heteroatoms. The number of ether oxygens (including phenoxy) is 1. The van der Waals surface area contributed by atoms with Crippen molar-refractivity contribution in [2.45, 2.75) is 6.54 Å². The van der Waals surface area contributed by atoms with Crippen molar-refractivity contribution in [2.24, 2.45) is 0 Å². The van der Waals surface area contributed by atoms with Crippen molar-refractivity contribution in [1.82, 2.24) is 10.3 Å². The van der Waals surface area contributed by atoms with Gasteiger partial charge in [-0.1, -0.05) is 24.3 Å². The summed E-state index contributed by atoms with van der Waals surface area (Å²) in [6.07, 6.45) is 3.48. The lowest BCUT2D eigenvalue weighted by molar-refractivity contribution is 0.251. The summed E-state index contributed by atoms with van der Waals surface area (Å²) in [5.74, 6) is 0.770. The predicted octanol–water partition coefficient (Wildman–Crippen LogP) is 3.57. The number of fused-ring (bicyclic) bond motifs is 1. The maximum atomic E-state index is 12.1. The van der Waals surface area contributed by atoms with Crippen molar-refractivity contribution in [3.8, 4) is 5.75 Å². The summed E-state index contributed by atoms with van der Waals surface area (Å²) in [6.45, 7) is 0.426. The first-order valence-corrected chi connectivity index (χ1v) is 7.27. The number of anilines is 1. The average molecular weight is 307 g/mol. The number of carbonyl (C=O) groups excluding carboxylic acids is 1. The Labute approximate surface area is 134 Å². The van der Waals surface area contributed by atoms with E-state index in [-0.39, 0.29) is 6.03 Å². The first kappa shape index (κ1) is 14.8. The molecule has 1 aromatic heterocycles. The second kappa shape index (κ2) is 6.79. The number of aromatic nitrogens is 1. The molecule has 3 aromatic rings. The van der Waals surface area contributed by atoms with Crippen LogP contribution < -0.4 is 15.4 Å². The first-order valence-electron chi connectivity index (χ1n) is 7.27. The smallest absolute Gasteiger partial charge is 0.319 e. The van der Waals surface area contributed by atoms with Crippen molar-refractivity contribution in [3.63, 3.8) is 0 Å². The Hall–Kier alpha value is -3.08. The Morgan fingerprint density at radius 2 is 2.04 bits per heavy atom. The molecule has 2 amide bonds. The van der Waals surface area contributed by atoms with Crippen molar-refractivity contribution >= 4 is 22.5 Å². The maximum Gasteiger partial charge on any atom is 0.319 e. The van der Waals surface area contributed by atoms with Gasteiger partial charge in [-0.25, -0.2) is 4.79 Å². The third-order valence-corrected chi connectivity index (χ3v) is 3.52. The number of methoxy groups -OCH3 is 1. The van der Waals surface area contributed by atoms with Gasteiger partial charge < -0.3 is 15.4 Å². The number of urea groups is 1. The summed E-state index contributed by atoms with van der Waals surface area (Å²) >= 11 is 0. The highest BCUT2D eigenvalue weighted by molar-refractivity contribution is 6.01. The van der Waals surface area contributed by atoms with Crippen LogP contribution in [0.4, 0.5) is 10.5 Å². The summed E-state index contributed by atoms with van der Waals surface area (Å²) < 4.78 is 5.17. The average Bonchev–Trinajstić information content (AvgIpc) is 2.60. The van der Waals surface area contributed by atoms with Gasteiger partial charge in [0.15, 0.2) is 0 Å². The molecule has 0 fully saturated rings. The van der Waals surface area contributed by atoms with Crippen LogP contribution in [0.3, 0.4) is 0 Å². The van der Waals surface area contributed by atoms with E-state index in [0.29, 0.717) is 6.54 Å². The van der Waals surface area contributed by atoms with Gasteiger partial charge in [-0.2, -0.15) is 0 Å². The number of carbonyl (C=O) groups is 1. The minimum atomic E-state index is -0.253. The molecule has 0 aliphatic rings. The Bertz CT molecular complexity index is 828. The lowest BCUT2D eigenvalue weighted by atomic mass is 10.1. The monoisotopic (exact) mass is 307 g/mol. The second-order valence-corrected chi connectivity index (χ2v) is 5.06. The molecule has 1 heterocycles. The molecule has 0 aliphatic carbocycles. The fourth-order valence-corrected chi connectivity index (χ4v) is 2.36. The van der Waals surface area contributed by atoms with E-state index in [9.17, 15) is 4.79 Å². The van der Waals surface area contributed by atoms with Gasteiger partial charge in [0, 0.05) is 29.7 Å². The SMILES string of the molecule is COc1cccc(CNC(=O)Nc2cccc3cnccc23)c1. The summed E-state index contributed by atoms with van der Waals surface area (Å²) in [5.41, 5.74) is 1.73. The number of benzene rings is 2. The zero-order chi connectivity index (χ0) is 16.1. The zero-order valence-electron chi connectivity index (χ0n) is 12.7. The summed E-state index contributed by atoms with van der Waals surface area (Å²) in [5, 5.41) is 7.66. The fourth-order valence-electron chi connectivity index (χ4n) is 2.36. The summed E-state index contributed by atoms with van der Waals surface area (Å²) in [4.78, 5) is 16.2. The molecule has 2 aromatic carbocycles. The number of rotatable bonds is 4. The van der Waals surface area contributed by atoms with Crippen LogP contribution in [0.15, 0.2) is 60.9 Å². The number of hydrogen-bond acceptors (Lipinski definition) is 3. The summed E-state index contributed by atoms with van der Waals surface area (Å²) in [7, 11) is 1.62. The van der Waals surface area contributed by atoms with E-state index in [2.05, 4.69) is 15.6 Å². The van der Waals surface area contributed by atoms with Gasteiger partial charge >= 0.3 is 6.03 Å². The van der Waals surface area contributed by atoms with Crippen LogP contribution in [-0.4, -0.2) is 18.1 Å². The molecule has 0 radical (unpaired) electrons. The minimum Gasteiger partial charge on any atom is -0.497 e. The molecule has 0 saturated heterocycles. The number of hydrogen-bond donors (Lipinski definition) is 2. The van der Waals surface area contributed by atoms with Gasteiger partial charge in [-0.3, -0.25) is 4.98 Å². The maximum absolute atomic E-state index is 12.1. The zero-order valence-corrected chi connectivity index (χ0v) is 12.7. The third-order valence-electron chi connectivity index (χ3n) is 3.52. The number of nitrogens with zero attached hydrogens (tertiary/aromatic N) is 1. The molecule has 0 atom stereocenters. The van der Waals surface area contributed by atoms with Crippen molar-refractivity contribution in [3.05, 3.63) is 66.5 Å². The molecule has 5 nitrogen and oxygen atoms in total. The van der Waals surface area contributed by atoms with Crippen molar-refractivity contribution < 1.29 is 9.53 Å². The van der Waals surface area contributed by atoms with Crippen LogP contribution in [0, 0.1) is 0 Å². The van der Waals surface area contributed by atoms with E-state index in [0.717, 1.165) is 27.8 Å². The molecule has 3 rings (SSSR count). The highest BCUT2D eigenvalue weighted by Gasteiger charge is 2.05. The molecule has 0 spiro atoms. The van der Waals surface area contributed by atoms with Gasteiger partial charge in [0.25, 0.3) is 0 Å². The van der Waals surface area contributed by atoms with E-state index < -0.39 is 0 Å². The molecule has 0 aliphatic heterocycles. The first-order chi connectivity index (χ1) is 11.3. The van der Waals surface area contributed by atoms with Crippen molar-refractivity contribution in [1.29, 1.82) is 0 Å². The second-order valence-electron chi connectivity index (χ2n) is 5.06. The van der Waals surface area contributed by atoms with Gasteiger partial charge in [-0.05, 0) is 29.8 Å². The number of amides is 2.